The Balaban J connectivity index is 2.30. The number of ketones is 1. The van der Waals surface area contributed by atoms with Crippen molar-refractivity contribution < 1.29 is 24.4 Å². The first kappa shape index (κ1) is 12.6. The van der Waals surface area contributed by atoms with Crippen molar-refractivity contribution in [2.24, 2.45) is 0 Å². The lowest BCUT2D eigenvalue weighted by Gasteiger charge is -2.07. The molecule has 19 heavy (non-hydrogen) atoms. The Labute approximate surface area is 106 Å². The number of nitro benzene ring substituents is 1. The van der Waals surface area contributed by atoms with Crippen LogP contribution in [0.25, 0.3) is 0 Å². The maximum absolute atomic E-state index is 11.3. The zero-order valence-electron chi connectivity index (χ0n) is 9.45. The first-order valence-corrected chi connectivity index (χ1v) is 5.14. The molecule has 0 fully saturated rings. The average Bonchev–Trinajstić information content (AvgIpc) is 2.70. The molecule has 2 N–H and O–H groups in total. The number of carboxylic acids is 1. The number of benzene rings is 1. The van der Waals surface area contributed by atoms with E-state index in [2.05, 4.69) is 5.32 Å². The number of carboxylic acid groups (broad SMARTS) is 1. The first-order chi connectivity index (χ1) is 8.99. The van der Waals surface area contributed by atoms with Crippen molar-refractivity contribution in [1.29, 1.82) is 0 Å². The van der Waals surface area contributed by atoms with Crippen LogP contribution in [-0.2, 0) is 14.3 Å². The molecule has 0 atom stereocenters. The lowest BCUT2D eigenvalue weighted by atomic mass is 10.2. The minimum Gasteiger partial charge on any atom is -0.477 e. The first-order valence-electron chi connectivity index (χ1n) is 5.14. The normalized spacial score (nSPS) is 14.2. The van der Waals surface area contributed by atoms with Crippen LogP contribution in [0.3, 0.4) is 0 Å². The van der Waals surface area contributed by atoms with E-state index in [1.807, 2.05) is 0 Å². The van der Waals surface area contributed by atoms with Crippen molar-refractivity contribution in [2.45, 2.75) is 0 Å². The summed E-state index contributed by atoms with van der Waals surface area (Å²) in [5.74, 6) is -2.27. The fourth-order valence-electron chi connectivity index (χ4n) is 1.55. The maximum Gasteiger partial charge on any atom is 0.344 e. The SMILES string of the molecule is O=C(O)C1=C(Nc2cccc([N+](=O)[O-])c2)OCC1=O. The van der Waals surface area contributed by atoms with E-state index in [1.54, 1.807) is 0 Å². The van der Waals surface area contributed by atoms with Crippen molar-refractivity contribution in [2.75, 3.05) is 11.9 Å². The lowest BCUT2D eigenvalue weighted by molar-refractivity contribution is -0.384. The zero-order valence-corrected chi connectivity index (χ0v) is 9.45. The molecule has 0 radical (unpaired) electrons. The van der Waals surface area contributed by atoms with Gasteiger partial charge in [-0.1, -0.05) is 6.07 Å². The average molecular weight is 264 g/mol. The number of nitrogens with one attached hydrogen (secondary N) is 1. The van der Waals surface area contributed by atoms with E-state index in [4.69, 9.17) is 9.84 Å². The van der Waals surface area contributed by atoms with Crippen molar-refractivity contribution in [3.63, 3.8) is 0 Å². The summed E-state index contributed by atoms with van der Waals surface area (Å²) in [5, 5.41) is 22.0. The molecular weight excluding hydrogens is 256 g/mol. The second-order valence-corrected chi connectivity index (χ2v) is 3.65. The summed E-state index contributed by atoms with van der Waals surface area (Å²) in [7, 11) is 0. The molecule has 8 heteroatoms. The van der Waals surface area contributed by atoms with Crippen LogP contribution >= 0.6 is 0 Å². The Morgan fingerprint density at radius 2 is 2.21 bits per heavy atom. The highest BCUT2D eigenvalue weighted by Gasteiger charge is 2.31. The Kier molecular flexibility index (Phi) is 3.15. The molecule has 0 aromatic heterocycles. The fourth-order valence-corrected chi connectivity index (χ4v) is 1.55. The van der Waals surface area contributed by atoms with Crippen LogP contribution < -0.4 is 5.32 Å². The summed E-state index contributed by atoms with van der Waals surface area (Å²) in [6.07, 6.45) is 0. The summed E-state index contributed by atoms with van der Waals surface area (Å²) >= 11 is 0. The van der Waals surface area contributed by atoms with Crippen LogP contribution in [0.15, 0.2) is 35.7 Å². The van der Waals surface area contributed by atoms with Gasteiger partial charge in [-0.15, -0.1) is 0 Å². The molecular formula is C11H8N2O6. The van der Waals surface area contributed by atoms with Gasteiger partial charge in [0, 0.05) is 17.8 Å². The summed E-state index contributed by atoms with van der Waals surface area (Å²) in [4.78, 5) is 32.2. The zero-order chi connectivity index (χ0) is 14.0. The molecule has 1 aromatic carbocycles. The van der Waals surface area contributed by atoms with Gasteiger partial charge < -0.3 is 15.2 Å². The van der Waals surface area contributed by atoms with Crippen LogP contribution in [-0.4, -0.2) is 28.4 Å². The van der Waals surface area contributed by atoms with E-state index in [1.165, 1.54) is 24.3 Å². The molecule has 0 aliphatic carbocycles. The number of carbonyl (C=O) groups excluding carboxylic acids is 1. The number of rotatable bonds is 4. The van der Waals surface area contributed by atoms with Crippen LogP contribution in [0.4, 0.5) is 11.4 Å². The number of ether oxygens (including phenoxy) is 1. The summed E-state index contributed by atoms with van der Waals surface area (Å²) < 4.78 is 4.91. The maximum atomic E-state index is 11.3. The molecule has 0 amide bonds. The van der Waals surface area contributed by atoms with Gasteiger partial charge in [0.2, 0.25) is 11.7 Å². The Bertz CT molecular complexity index is 607. The molecule has 1 aliphatic rings. The minimum atomic E-state index is -1.41. The van der Waals surface area contributed by atoms with E-state index in [9.17, 15) is 19.7 Å². The monoisotopic (exact) mass is 264 g/mol. The molecule has 1 heterocycles. The molecule has 1 aromatic rings. The van der Waals surface area contributed by atoms with Crippen LogP contribution in [0.5, 0.6) is 0 Å². The predicted molar refractivity (Wildman–Crippen MR) is 62.3 cm³/mol. The highest BCUT2D eigenvalue weighted by Crippen LogP contribution is 2.22. The number of non-ortho nitro benzene ring substituents is 1. The van der Waals surface area contributed by atoms with Crippen LogP contribution in [0, 0.1) is 10.1 Å². The van der Waals surface area contributed by atoms with Crippen LogP contribution in [0.1, 0.15) is 0 Å². The van der Waals surface area contributed by atoms with Crippen LogP contribution in [0.2, 0.25) is 0 Å². The van der Waals surface area contributed by atoms with Gasteiger partial charge >= 0.3 is 5.97 Å². The van der Waals surface area contributed by atoms with Gasteiger partial charge in [-0.05, 0) is 6.07 Å². The van der Waals surface area contributed by atoms with E-state index in [0.29, 0.717) is 0 Å². The van der Waals surface area contributed by atoms with Gasteiger partial charge in [-0.25, -0.2) is 4.79 Å². The van der Waals surface area contributed by atoms with E-state index < -0.39 is 22.2 Å². The van der Waals surface area contributed by atoms with Gasteiger partial charge in [-0.2, -0.15) is 0 Å². The molecule has 98 valence electrons. The number of hydrogen-bond acceptors (Lipinski definition) is 6. The van der Waals surface area contributed by atoms with Gasteiger partial charge in [0.05, 0.1) is 4.92 Å². The third-order valence-corrected chi connectivity index (χ3v) is 2.38. The number of anilines is 1. The quantitative estimate of drug-likeness (QED) is 0.471. The Morgan fingerprint density at radius 3 is 2.84 bits per heavy atom. The standard InChI is InChI=1S/C11H8N2O6/c14-8-5-19-10(9(8)11(15)16)12-6-2-1-3-7(4-6)13(17)18/h1-4,12H,5H2,(H,15,16). The number of nitrogens with zero attached hydrogens (tertiary/aromatic N) is 1. The molecule has 1 aliphatic heterocycles. The van der Waals surface area contributed by atoms with Crippen molar-refractivity contribution >= 4 is 23.1 Å². The van der Waals surface area contributed by atoms with Gasteiger partial charge in [0.1, 0.15) is 0 Å². The fraction of sp³-hybridized carbons (Fsp3) is 0.0909. The minimum absolute atomic E-state index is 0.160. The molecule has 0 saturated carbocycles. The second kappa shape index (κ2) is 4.77. The number of Topliss-reactive ketones (excluding diaryl/α,β-unsaturated/α-hetero) is 1. The topological polar surface area (TPSA) is 119 Å². The third-order valence-electron chi connectivity index (χ3n) is 2.38. The van der Waals surface area contributed by atoms with E-state index in [-0.39, 0.29) is 23.9 Å². The van der Waals surface area contributed by atoms with E-state index >= 15 is 0 Å². The summed E-state index contributed by atoms with van der Waals surface area (Å²) in [6.45, 7) is -0.362. The molecule has 0 saturated heterocycles. The largest absolute Gasteiger partial charge is 0.477 e. The molecule has 0 spiro atoms. The summed E-state index contributed by atoms with van der Waals surface area (Å²) in [5.41, 5.74) is -0.393. The van der Waals surface area contributed by atoms with Gasteiger partial charge in [0.15, 0.2) is 12.2 Å². The smallest absolute Gasteiger partial charge is 0.344 e. The number of carbonyl (C=O) groups is 2. The second-order valence-electron chi connectivity index (χ2n) is 3.65. The van der Waals surface area contributed by atoms with Crippen molar-refractivity contribution in [3.8, 4) is 0 Å². The lowest BCUT2D eigenvalue weighted by Crippen LogP contribution is -2.12. The van der Waals surface area contributed by atoms with E-state index in [0.717, 1.165) is 0 Å². The molecule has 8 nitrogen and oxygen atoms in total. The van der Waals surface area contributed by atoms with Crippen molar-refractivity contribution in [1.82, 2.24) is 0 Å². The highest BCUT2D eigenvalue weighted by molar-refractivity contribution is 6.19. The molecule has 0 bridgehead atoms. The number of aliphatic carboxylic acids is 1. The number of nitro groups is 1. The predicted octanol–water partition coefficient (Wildman–Crippen LogP) is 0.902. The summed E-state index contributed by atoms with van der Waals surface area (Å²) in [6, 6.07) is 5.42. The molecule has 2 rings (SSSR count). The highest BCUT2D eigenvalue weighted by atomic mass is 16.6. The van der Waals surface area contributed by atoms with Gasteiger partial charge in [0.25, 0.3) is 5.69 Å². The van der Waals surface area contributed by atoms with Gasteiger partial charge in [-0.3, -0.25) is 14.9 Å². The third kappa shape index (κ3) is 2.51. The van der Waals surface area contributed by atoms with Crippen molar-refractivity contribution in [3.05, 3.63) is 45.8 Å². The Hall–Kier alpha value is -2.90. The number of hydrogen-bond donors (Lipinski definition) is 2. The Morgan fingerprint density at radius 1 is 1.47 bits per heavy atom. The molecule has 0 unspecified atom stereocenters.